The second-order valence-electron chi connectivity index (χ2n) is 4.49. The van der Waals surface area contributed by atoms with Gasteiger partial charge in [-0.05, 0) is 6.07 Å². The van der Waals surface area contributed by atoms with Gasteiger partial charge in [0.15, 0.2) is 5.50 Å². The predicted octanol–water partition coefficient (Wildman–Crippen LogP) is 0.799. The van der Waals surface area contributed by atoms with Gasteiger partial charge in [0.05, 0.1) is 4.90 Å². The molecule has 1 aliphatic heterocycles. The number of nitrogens with one attached hydrogen (secondary N) is 2. The number of nitrogens with zero attached hydrogens (tertiary/aromatic N) is 1. The topological polar surface area (TPSA) is 71.1 Å². The summed E-state index contributed by atoms with van der Waals surface area (Å²) < 4.78 is 25.3. The minimum Gasteiger partial charge on any atom is -0.288 e. The highest BCUT2D eigenvalue weighted by Gasteiger charge is 2.31. The number of hydrogen-bond donors (Lipinski definition) is 2. The van der Waals surface area contributed by atoms with E-state index in [2.05, 4.69) is 21.7 Å². The molecule has 2 aromatic rings. The summed E-state index contributed by atoms with van der Waals surface area (Å²) in [5.74, 6) is 0. The average molecular weight is 288 g/mol. The van der Waals surface area contributed by atoms with E-state index in [0.717, 1.165) is 5.56 Å². The van der Waals surface area contributed by atoms with Crippen LogP contribution in [-0.2, 0) is 9.84 Å². The molecule has 1 aromatic heterocycles. The van der Waals surface area contributed by atoms with Crippen LogP contribution in [0.15, 0.2) is 47.6 Å². The number of hydrogen-bond acceptors (Lipinski definition) is 5. The Bertz CT molecular complexity index is 695. The standard InChI is InChI=1S/C14H14N3O2S/c18-20(19,14-16-8-9-17-14)13-6-2-1-5-12(13)11-4-3-7-15-10-11/h1-5,7,10,14,16-17H,8-9H2. The van der Waals surface area contributed by atoms with Crippen LogP contribution in [0.2, 0.25) is 0 Å². The summed E-state index contributed by atoms with van der Waals surface area (Å²) in [5.41, 5.74) is 0.633. The van der Waals surface area contributed by atoms with Crippen LogP contribution in [0, 0.1) is 6.07 Å². The summed E-state index contributed by atoms with van der Waals surface area (Å²) in [7, 11) is -3.52. The van der Waals surface area contributed by atoms with Crippen molar-refractivity contribution in [2.45, 2.75) is 10.4 Å². The third-order valence-electron chi connectivity index (χ3n) is 3.17. The van der Waals surface area contributed by atoms with Gasteiger partial charge in [0.1, 0.15) is 0 Å². The Balaban J connectivity index is 2.11. The van der Waals surface area contributed by atoms with Gasteiger partial charge in [0.2, 0.25) is 9.84 Å². The molecular weight excluding hydrogens is 274 g/mol. The second-order valence-corrected chi connectivity index (χ2v) is 6.46. The van der Waals surface area contributed by atoms with Crippen LogP contribution >= 0.6 is 0 Å². The lowest BCUT2D eigenvalue weighted by atomic mass is 10.1. The molecule has 0 amide bonds. The lowest BCUT2D eigenvalue weighted by molar-refractivity contribution is 0.561. The van der Waals surface area contributed by atoms with Gasteiger partial charge in [0, 0.05) is 42.7 Å². The van der Waals surface area contributed by atoms with Gasteiger partial charge in [-0.1, -0.05) is 24.3 Å². The Hall–Kier alpha value is -1.76. The summed E-state index contributed by atoms with van der Waals surface area (Å²) in [6, 6.07) is 11.6. The van der Waals surface area contributed by atoms with Crippen molar-refractivity contribution in [2.24, 2.45) is 0 Å². The van der Waals surface area contributed by atoms with Crippen molar-refractivity contribution in [1.82, 2.24) is 15.6 Å². The lowest BCUT2D eigenvalue weighted by Crippen LogP contribution is -2.39. The SMILES string of the molecule is O=S(=O)(c1[c]cccc1-c1cccnc1)C1NCCN1. The minimum atomic E-state index is -3.52. The van der Waals surface area contributed by atoms with Crippen LogP contribution in [0.25, 0.3) is 11.1 Å². The van der Waals surface area contributed by atoms with Crippen LogP contribution in [0.5, 0.6) is 0 Å². The Labute approximate surface area is 118 Å². The quantitative estimate of drug-likeness (QED) is 0.874. The Kier molecular flexibility index (Phi) is 3.52. The highest BCUT2D eigenvalue weighted by molar-refractivity contribution is 7.92. The molecule has 6 heteroatoms. The van der Waals surface area contributed by atoms with Crippen LogP contribution in [0.3, 0.4) is 0 Å². The molecule has 0 bridgehead atoms. The van der Waals surface area contributed by atoms with Crippen molar-refractivity contribution in [3.63, 3.8) is 0 Å². The van der Waals surface area contributed by atoms with Crippen LogP contribution in [0.1, 0.15) is 0 Å². The maximum absolute atomic E-state index is 12.7. The fraction of sp³-hybridized carbons (Fsp3) is 0.214. The zero-order chi connectivity index (χ0) is 14.0. The summed E-state index contributed by atoms with van der Waals surface area (Å²) in [6.07, 6.45) is 3.31. The first-order valence-corrected chi connectivity index (χ1v) is 7.86. The molecule has 0 spiro atoms. The number of benzene rings is 1. The fourth-order valence-corrected chi connectivity index (χ4v) is 3.86. The molecule has 1 aromatic carbocycles. The molecule has 1 saturated heterocycles. The highest BCUT2D eigenvalue weighted by atomic mass is 32.2. The molecule has 103 valence electrons. The van der Waals surface area contributed by atoms with E-state index in [-0.39, 0.29) is 4.90 Å². The van der Waals surface area contributed by atoms with Gasteiger partial charge in [0.25, 0.3) is 0 Å². The Morgan fingerprint density at radius 3 is 2.70 bits per heavy atom. The molecule has 0 atom stereocenters. The zero-order valence-corrected chi connectivity index (χ0v) is 11.5. The van der Waals surface area contributed by atoms with Crippen molar-refractivity contribution in [3.05, 3.63) is 48.8 Å². The Morgan fingerprint density at radius 2 is 2.00 bits per heavy atom. The third-order valence-corrected chi connectivity index (χ3v) is 5.03. The maximum atomic E-state index is 12.7. The van der Waals surface area contributed by atoms with E-state index < -0.39 is 15.3 Å². The monoisotopic (exact) mass is 288 g/mol. The van der Waals surface area contributed by atoms with Crippen molar-refractivity contribution < 1.29 is 8.42 Å². The minimum absolute atomic E-state index is 0.194. The number of aromatic nitrogens is 1. The van der Waals surface area contributed by atoms with E-state index in [1.165, 1.54) is 0 Å². The van der Waals surface area contributed by atoms with E-state index in [0.29, 0.717) is 18.7 Å². The largest absolute Gasteiger partial charge is 0.288 e. The van der Waals surface area contributed by atoms with E-state index in [1.807, 2.05) is 6.07 Å². The number of sulfone groups is 1. The number of rotatable bonds is 3. The normalized spacial score (nSPS) is 16.4. The summed E-state index contributed by atoms with van der Waals surface area (Å²) in [4.78, 5) is 4.24. The van der Waals surface area contributed by atoms with Crippen LogP contribution in [0.4, 0.5) is 0 Å². The first kappa shape index (κ1) is 13.2. The molecule has 1 radical (unpaired) electrons. The number of pyridine rings is 1. The van der Waals surface area contributed by atoms with Gasteiger partial charge in [-0.3, -0.25) is 15.6 Å². The molecular formula is C14H14N3O2S. The highest BCUT2D eigenvalue weighted by Crippen LogP contribution is 2.28. The van der Waals surface area contributed by atoms with Crippen molar-refractivity contribution in [1.29, 1.82) is 0 Å². The second kappa shape index (κ2) is 5.32. The summed E-state index contributed by atoms with van der Waals surface area (Å²) in [6.45, 7) is 1.28. The summed E-state index contributed by atoms with van der Waals surface area (Å²) in [5, 5.41) is 5.88. The van der Waals surface area contributed by atoms with Gasteiger partial charge in [-0.25, -0.2) is 8.42 Å². The molecule has 2 N–H and O–H groups in total. The van der Waals surface area contributed by atoms with E-state index in [4.69, 9.17) is 0 Å². The Morgan fingerprint density at radius 1 is 1.20 bits per heavy atom. The van der Waals surface area contributed by atoms with E-state index >= 15 is 0 Å². The maximum Gasteiger partial charge on any atom is 0.209 e. The summed E-state index contributed by atoms with van der Waals surface area (Å²) >= 11 is 0. The fourth-order valence-electron chi connectivity index (χ4n) is 2.22. The smallest absolute Gasteiger partial charge is 0.209 e. The van der Waals surface area contributed by atoms with Crippen molar-refractivity contribution in [2.75, 3.05) is 13.1 Å². The predicted molar refractivity (Wildman–Crippen MR) is 75.5 cm³/mol. The molecule has 3 rings (SSSR count). The molecule has 1 aliphatic rings. The van der Waals surface area contributed by atoms with Gasteiger partial charge in [-0.15, -0.1) is 0 Å². The molecule has 20 heavy (non-hydrogen) atoms. The molecule has 2 heterocycles. The van der Waals surface area contributed by atoms with Gasteiger partial charge < -0.3 is 0 Å². The molecule has 0 unspecified atom stereocenters. The molecule has 1 fully saturated rings. The van der Waals surface area contributed by atoms with Crippen LogP contribution in [-0.4, -0.2) is 32.0 Å². The lowest BCUT2D eigenvalue weighted by Gasteiger charge is -2.15. The third kappa shape index (κ3) is 2.33. The van der Waals surface area contributed by atoms with Gasteiger partial charge in [-0.2, -0.15) is 0 Å². The van der Waals surface area contributed by atoms with Crippen LogP contribution < -0.4 is 10.6 Å². The van der Waals surface area contributed by atoms with E-state index in [9.17, 15) is 8.42 Å². The first-order chi connectivity index (χ1) is 9.69. The van der Waals surface area contributed by atoms with E-state index in [1.54, 1.807) is 36.7 Å². The zero-order valence-electron chi connectivity index (χ0n) is 10.7. The average Bonchev–Trinajstić information content (AvgIpc) is 3.03. The van der Waals surface area contributed by atoms with Gasteiger partial charge >= 0.3 is 0 Å². The molecule has 0 saturated carbocycles. The molecule has 5 nitrogen and oxygen atoms in total. The molecule has 0 aliphatic carbocycles. The van der Waals surface area contributed by atoms with Crippen molar-refractivity contribution >= 4 is 9.84 Å². The van der Waals surface area contributed by atoms with Crippen molar-refractivity contribution in [3.8, 4) is 11.1 Å². The first-order valence-electron chi connectivity index (χ1n) is 6.31.